The van der Waals surface area contributed by atoms with E-state index in [4.69, 9.17) is 10.6 Å². The fraction of sp³-hybridized carbons (Fsp3) is 1.00. The van der Waals surface area contributed by atoms with E-state index in [-0.39, 0.29) is 0 Å². The zero-order valence-corrected chi connectivity index (χ0v) is 11.7. The van der Waals surface area contributed by atoms with Gasteiger partial charge in [-0.25, -0.2) is 0 Å². The second-order valence-electron chi connectivity index (χ2n) is 5.64. The van der Waals surface area contributed by atoms with Crippen LogP contribution in [0.25, 0.3) is 0 Å². The third kappa shape index (κ3) is 4.94. The lowest BCUT2D eigenvalue weighted by Gasteiger charge is -2.36. The lowest BCUT2D eigenvalue weighted by Crippen LogP contribution is -2.43. The van der Waals surface area contributed by atoms with Crippen LogP contribution in [0.5, 0.6) is 0 Å². The molecule has 1 aliphatic carbocycles. The first-order chi connectivity index (χ1) is 8.19. The molecule has 0 aromatic heterocycles. The van der Waals surface area contributed by atoms with E-state index in [1.165, 1.54) is 19.3 Å². The van der Waals surface area contributed by atoms with Crippen molar-refractivity contribution in [1.29, 1.82) is 0 Å². The molecule has 1 saturated carbocycles. The lowest BCUT2D eigenvalue weighted by atomic mass is 9.72. The van der Waals surface area contributed by atoms with Crippen molar-refractivity contribution in [2.75, 3.05) is 13.2 Å². The second kappa shape index (κ2) is 8.06. The molecule has 0 aromatic rings. The van der Waals surface area contributed by atoms with Crippen molar-refractivity contribution in [2.45, 2.75) is 58.9 Å². The van der Waals surface area contributed by atoms with Gasteiger partial charge < -0.3 is 4.74 Å². The van der Waals surface area contributed by atoms with Gasteiger partial charge in [0.2, 0.25) is 0 Å². The van der Waals surface area contributed by atoms with Gasteiger partial charge in [0.1, 0.15) is 0 Å². The van der Waals surface area contributed by atoms with Gasteiger partial charge in [0.15, 0.2) is 0 Å². The number of nitrogens with two attached hydrogens (primary N) is 1. The van der Waals surface area contributed by atoms with Crippen molar-refractivity contribution in [3.05, 3.63) is 0 Å². The Morgan fingerprint density at radius 1 is 1.29 bits per heavy atom. The summed E-state index contributed by atoms with van der Waals surface area (Å²) in [5.74, 6) is 8.19. The van der Waals surface area contributed by atoms with Crippen LogP contribution in [0.2, 0.25) is 0 Å². The van der Waals surface area contributed by atoms with Gasteiger partial charge in [0.25, 0.3) is 0 Å². The van der Waals surface area contributed by atoms with Crippen LogP contribution in [-0.4, -0.2) is 19.3 Å². The SMILES string of the molecule is CCOCCCC(NN)C1CCC(C)C(C)C1. The first-order valence-corrected chi connectivity index (χ1v) is 7.22. The fourth-order valence-electron chi connectivity index (χ4n) is 2.96. The quantitative estimate of drug-likeness (QED) is 0.410. The highest BCUT2D eigenvalue weighted by molar-refractivity contribution is 4.82. The van der Waals surface area contributed by atoms with Crippen LogP contribution in [0.3, 0.4) is 0 Å². The third-order valence-electron chi connectivity index (χ3n) is 4.43. The van der Waals surface area contributed by atoms with E-state index in [0.717, 1.165) is 43.8 Å². The summed E-state index contributed by atoms with van der Waals surface area (Å²) < 4.78 is 5.39. The average Bonchev–Trinajstić information content (AvgIpc) is 2.33. The molecule has 0 spiro atoms. The summed E-state index contributed by atoms with van der Waals surface area (Å²) in [4.78, 5) is 0. The molecule has 0 aliphatic heterocycles. The highest BCUT2D eigenvalue weighted by atomic mass is 16.5. The van der Waals surface area contributed by atoms with E-state index < -0.39 is 0 Å². The summed E-state index contributed by atoms with van der Waals surface area (Å²) in [5.41, 5.74) is 3.03. The van der Waals surface area contributed by atoms with Crippen LogP contribution in [0.4, 0.5) is 0 Å². The molecular weight excluding hydrogens is 212 g/mol. The van der Waals surface area contributed by atoms with Crippen molar-refractivity contribution in [3.63, 3.8) is 0 Å². The van der Waals surface area contributed by atoms with Crippen molar-refractivity contribution >= 4 is 0 Å². The van der Waals surface area contributed by atoms with Gasteiger partial charge in [0.05, 0.1) is 0 Å². The van der Waals surface area contributed by atoms with Crippen LogP contribution in [0.1, 0.15) is 52.9 Å². The predicted molar refractivity (Wildman–Crippen MR) is 72.5 cm³/mol. The highest BCUT2D eigenvalue weighted by Gasteiger charge is 2.29. The fourth-order valence-corrected chi connectivity index (χ4v) is 2.96. The van der Waals surface area contributed by atoms with Crippen molar-refractivity contribution in [1.82, 2.24) is 5.43 Å². The van der Waals surface area contributed by atoms with Crippen LogP contribution in [-0.2, 0) is 4.74 Å². The Hall–Kier alpha value is -0.120. The molecule has 0 radical (unpaired) electrons. The first-order valence-electron chi connectivity index (χ1n) is 7.22. The molecule has 0 heterocycles. The molecule has 0 amide bonds. The standard InChI is InChI=1S/C14H30N2O/c1-4-17-9-5-6-14(16-15)13-8-7-11(2)12(3)10-13/h11-14,16H,4-10,15H2,1-3H3. The molecule has 3 nitrogen and oxygen atoms in total. The molecule has 3 N–H and O–H groups in total. The second-order valence-corrected chi connectivity index (χ2v) is 5.64. The molecule has 1 rings (SSSR count). The minimum atomic E-state index is 0.477. The summed E-state index contributed by atoms with van der Waals surface area (Å²) in [6, 6.07) is 0.477. The zero-order chi connectivity index (χ0) is 12.7. The van der Waals surface area contributed by atoms with Gasteiger partial charge in [-0.2, -0.15) is 0 Å². The predicted octanol–water partition coefficient (Wildman–Crippen LogP) is 2.71. The molecule has 4 atom stereocenters. The zero-order valence-electron chi connectivity index (χ0n) is 11.7. The Balaban J connectivity index is 2.29. The summed E-state index contributed by atoms with van der Waals surface area (Å²) in [7, 11) is 0. The number of hydrogen-bond donors (Lipinski definition) is 2. The van der Waals surface area contributed by atoms with Crippen LogP contribution >= 0.6 is 0 Å². The van der Waals surface area contributed by atoms with Crippen molar-refractivity contribution in [2.24, 2.45) is 23.6 Å². The molecule has 17 heavy (non-hydrogen) atoms. The Bertz CT molecular complexity index is 199. The van der Waals surface area contributed by atoms with E-state index in [2.05, 4.69) is 19.3 Å². The molecule has 102 valence electrons. The molecule has 1 fully saturated rings. The van der Waals surface area contributed by atoms with Gasteiger partial charge >= 0.3 is 0 Å². The van der Waals surface area contributed by atoms with E-state index >= 15 is 0 Å². The summed E-state index contributed by atoms with van der Waals surface area (Å²) in [6.07, 6.45) is 6.26. The monoisotopic (exact) mass is 242 g/mol. The van der Waals surface area contributed by atoms with Crippen molar-refractivity contribution in [3.8, 4) is 0 Å². The van der Waals surface area contributed by atoms with E-state index in [9.17, 15) is 0 Å². The maximum atomic E-state index is 5.71. The van der Waals surface area contributed by atoms with Gasteiger partial charge in [0, 0.05) is 19.3 Å². The van der Waals surface area contributed by atoms with Crippen molar-refractivity contribution < 1.29 is 4.74 Å². The van der Waals surface area contributed by atoms with E-state index in [1.807, 2.05) is 6.92 Å². The molecule has 0 bridgehead atoms. The number of rotatable bonds is 7. The first kappa shape index (κ1) is 14.9. The Morgan fingerprint density at radius 2 is 2.06 bits per heavy atom. The summed E-state index contributed by atoms with van der Waals surface area (Å²) in [5, 5.41) is 0. The Kier molecular flexibility index (Phi) is 7.09. The maximum Gasteiger partial charge on any atom is 0.0466 e. The molecule has 3 heteroatoms. The minimum Gasteiger partial charge on any atom is -0.382 e. The molecule has 0 saturated heterocycles. The lowest BCUT2D eigenvalue weighted by molar-refractivity contribution is 0.127. The number of nitrogens with one attached hydrogen (secondary N) is 1. The van der Waals surface area contributed by atoms with Crippen LogP contribution in [0, 0.1) is 17.8 Å². The number of hydrogen-bond acceptors (Lipinski definition) is 3. The summed E-state index contributed by atoms with van der Waals surface area (Å²) in [6.45, 7) is 8.49. The molecule has 0 aromatic carbocycles. The molecule has 4 unspecified atom stereocenters. The number of hydrazine groups is 1. The highest BCUT2D eigenvalue weighted by Crippen LogP contribution is 2.35. The molecular formula is C14H30N2O. The van der Waals surface area contributed by atoms with Crippen LogP contribution in [0.15, 0.2) is 0 Å². The van der Waals surface area contributed by atoms with Gasteiger partial charge in [-0.3, -0.25) is 11.3 Å². The van der Waals surface area contributed by atoms with Gasteiger partial charge in [-0.15, -0.1) is 0 Å². The van der Waals surface area contributed by atoms with E-state index in [0.29, 0.717) is 6.04 Å². The Labute approximate surface area is 106 Å². The third-order valence-corrected chi connectivity index (χ3v) is 4.43. The summed E-state index contributed by atoms with van der Waals surface area (Å²) >= 11 is 0. The minimum absolute atomic E-state index is 0.477. The van der Waals surface area contributed by atoms with E-state index in [1.54, 1.807) is 0 Å². The smallest absolute Gasteiger partial charge is 0.0466 e. The largest absolute Gasteiger partial charge is 0.382 e. The van der Waals surface area contributed by atoms with Crippen LogP contribution < -0.4 is 11.3 Å². The maximum absolute atomic E-state index is 5.71. The van der Waals surface area contributed by atoms with Gasteiger partial charge in [-0.05, 0) is 50.4 Å². The number of ether oxygens (including phenoxy) is 1. The Morgan fingerprint density at radius 3 is 2.65 bits per heavy atom. The topological polar surface area (TPSA) is 47.3 Å². The van der Waals surface area contributed by atoms with Gasteiger partial charge in [-0.1, -0.05) is 20.3 Å². The normalized spacial score (nSPS) is 31.4. The molecule has 1 aliphatic rings. The average molecular weight is 242 g/mol.